The van der Waals surface area contributed by atoms with Crippen molar-refractivity contribution < 1.29 is 19.1 Å². The second-order valence-electron chi connectivity index (χ2n) is 2.78. The van der Waals surface area contributed by atoms with Crippen molar-refractivity contribution in [2.75, 3.05) is 7.11 Å². The summed E-state index contributed by atoms with van der Waals surface area (Å²) in [6, 6.07) is 0. The average molecular weight is 172 g/mol. The maximum absolute atomic E-state index is 10.8. The van der Waals surface area contributed by atoms with E-state index >= 15 is 0 Å². The Kier molecular flexibility index (Phi) is 3.08. The van der Waals surface area contributed by atoms with Crippen molar-refractivity contribution in [1.82, 2.24) is 0 Å². The summed E-state index contributed by atoms with van der Waals surface area (Å²) in [5, 5.41) is 0. The van der Waals surface area contributed by atoms with Gasteiger partial charge >= 0.3 is 11.9 Å². The lowest BCUT2D eigenvalue weighted by atomic mass is 10.1. The number of esters is 2. The van der Waals surface area contributed by atoms with E-state index in [-0.39, 0.29) is 24.5 Å². The van der Waals surface area contributed by atoms with Gasteiger partial charge in [0, 0.05) is 6.42 Å². The number of carbonyl (C=O) groups is 2. The van der Waals surface area contributed by atoms with Crippen LogP contribution in [0.3, 0.4) is 0 Å². The topological polar surface area (TPSA) is 52.6 Å². The molecule has 4 nitrogen and oxygen atoms in total. The molecule has 0 aromatic rings. The van der Waals surface area contributed by atoms with Gasteiger partial charge in [0.25, 0.3) is 0 Å². The van der Waals surface area contributed by atoms with Gasteiger partial charge in [-0.25, -0.2) is 0 Å². The van der Waals surface area contributed by atoms with Gasteiger partial charge in [-0.1, -0.05) is 0 Å². The van der Waals surface area contributed by atoms with Gasteiger partial charge in [0.05, 0.1) is 13.5 Å². The van der Waals surface area contributed by atoms with Crippen LogP contribution in [-0.4, -0.2) is 25.2 Å². The highest BCUT2D eigenvalue weighted by Gasteiger charge is 2.22. The van der Waals surface area contributed by atoms with Crippen LogP contribution >= 0.6 is 0 Å². The number of rotatable bonds is 2. The van der Waals surface area contributed by atoms with Crippen molar-refractivity contribution in [2.45, 2.75) is 31.8 Å². The van der Waals surface area contributed by atoms with E-state index in [9.17, 15) is 9.59 Å². The van der Waals surface area contributed by atoms with E-state index in [1.54, 1.807) is 0 Å². The molecule has 68 valence electrons. The van der Waals surface area contributed by atoms with Gasteiger partial charge in [0.1, 0.15) is 6.10 Å². The Hall–Kier alpha value is -1.06. The molecular weight excluding hydrogens is 160 g/mol. The van der Waals surface area contributed by atoms with Gasteiger partial charge in [-0.2, -0.15) is 0 Å². The molecule has 0 aliphatic carbocycles. The van der Waals surface area contributed by atoms with Gasteiger partial charge < -0.3 is 9.47 Å². The van der Waals surface area contributed by atoms with Crippen LogP contribution < -0.4 is 0 Å². The molecule has 1 rings (SSSR count). The summed E-state index contributed by atoms with van der Waals surface area (Å²) >= 11 is 0. The quantitative estimate of drug-likeness (QED) is 0.574. The van der Waals surface area contributed by atoms with E-state index in [1.807, 2.05) is 0 Å². The second-order valence-corrected chi connectivity index (χ2v) is 2.78. The zero-order valence-electron chi connectivity index (χ0n) is 7.04. The SMILES string of the molecule is COC(=O)CC1CCCC(=O)O1. The molecule has 0 radical (unpaired) electrons. The van der Waals surface area contributed by atoms with Crippen molar-refractivity contribution in [2.24, 2.45) is 0 Å². The van der Waals surface area contributed by atoms with Gasteiger partial charge in [0.15, 0.2) is 0 Å². The maximum atomic E-state index is 10.8. The summed E-state index contributed by atoms with van der Waals surface area (Å²) in [6.45, 7) is 0. The maximum Gasteiger partial charge on any atom is 0.309 e. The number of carbonyl (C=O) groups excluding carboxylic acids is 2. The highest BCUT2D eigenvalue weighted by molar-refractivity contribution is 5.73. The Morgan fingerprint density at radius 1 is 1.75 bits per heavy atom. The van der Waals surface area contributed by atoms with Crippen molar-refractivity contribution in [3.63, 3.8) is 0 Å². The zero-order valence-corrected chi connectivity index (χ0v) is 7.04. The first-order chi connectivity index (χ1) is 5.72. The molecule has 0 saturated carbocycles. The lowest BCUT2D eigenvalue weighted by molar-refractivity contribution is -0.158. The van der Waals surface area contributed by atoms with Crippen molar-refractivity contribution in [3.05, 3.63) is 0 Å². The predicted molar refractivity (Wildman–Crippen MR) is 40.4 cm³/mol. The number of methoxy groups -OCH3 is 1. The molecule has 0 aromatic heterocycles. The minimum Gasteiger partial charge on any atom is -0.469 e. The fourth-order valence-electron chi connectivity index (χ4n) is 1.19. The molecule has 1 aliphatic rings. The fourth-order valence-corrected chi connectivity index (χ4v) is 1.19. The van der Waals surface area contributed by atoms with Crippen LogP contribution in [0.2, 0.25) is 0 Å². The molecule has 0 N–H and O–H groups in total. The van der Waals surface area contributed by atoms with Crippen LogP contribution in [0.5, 0.6) is 0 Å². The zero-order chi connectivity index (χ0) is 8.97. The van der Waals surface area contributed by atoms with Crippen LogP contribution in [0.25, 0.3) is 0 Å². The predicted octanol–water partition coefficient (Wildman–Crippen LogP) is 0.645. The number of cyclic esters (lactones) is 1. The monoisotopic (exact) mass is 172 g/mol. The van der Waals surface area contributed by atoms with E-state index in [2.05, 4.69) is 4.74 Å². The van der Waals surface area contributed by atoms with Crippen LogP contribution in [0.4, 0.5) is 0 Å². The second kappa shape index (κ2) is 4.09. The van der Waals surface area contributed by atoms with Crippen LogP contribution in [0.1, 0.15) is 25.7 Å². The molecular formula is C8H12O4. The average Bonchev–Trinajstić information content (AvgIpc) is 2.04. The molecule has 1 unspecified atom stereocenters. The van der Waals surface area contributed by atoms with E-state index in [0.717, 1.165) is 12.8 Å². The summed E-state index contributed by atoms with van der Waals surface area (Å²) in [5.74, 6) is -0.537. The number of hydrogen-bond donors (Lipinski definition) is 0. The largest absolute Gasteiger partial charge is 0.469 e. The number of hydrogen-bond acceptors (Lipinski definition) is 4. The summed E-state index contributed by atoms with van der Waals surface area (Å²) in [5.41, 5.74) is 0. The van der Waals surface area contributed by atoms with E-state index in [0.29, 0.717) is 6.42 Å². The number of ether oxygens (including phenoxy) is 2. The Bertz CT molecular complexity index is 187. The summed E-state index contributed by atoms with van der Waals surface area (Å²) in [6.07, 6.45) is 1.96. The normalized spacial score (nSPS) is 23.1. The Balaban J connectivity index is 2.32. The van der Waals surface area contributed by atoms with Crippen LogP contribution in [0.15, 0.2) is 0 Å². The first kappa shape index (κ1) is 9.03. The van der Waals surface area contributed by atoms with Crippen LogP contribution in [0, 0.1) is 0 Å². The van der Waals surface area contributed by atoms with Gasteiger partial charge in [0.2, 0.25) is 0 Å². The third-order valence-electron chi connectivity index (χ3n) is 1.83. The summed E-state index contributed by atoms with van der Waals surface area (Å²) < 4.78 is 9.38. The molecule has 1 heterocycles. The first-order valence-electron chi connectivity index (χ1n) is 3.98. The molecule has 0 amide bonds. The lowest BCUT2D eigenvalue weighted by Crippen LogP contribution is -2.26. The molecule has 0 spiro atoms. The standard InChI is InChI=1S/C8H12O4/c1-11-8(10)5-6-3-2-4-7(9)12-6/h6H,2-5H2,1H3. The van der Waals surface area contributed by atoms with Crippen molar-refractivity contribution in [3.8, 4) is 0 Å². The highest BCUT2D eigenvalue weighted by atomic mass is 16.6. The van der Waals surface area contributed by atoms with E-state index < -0.39 is 0 Å². The first-order valence-corrected chi connectivity index (χ1v) is 3.98. The molecule has 4 heteroatoms. The highest BCUT2D eigenvalue weighted by Crippen LogP contribution is 2.16. The fraction of sp³-hybridized carbons (Fsp3) is 0.750. The summed E-state index contributed by atoms with van der Waals surface area (Å²) in [7, 11) is 1.33. The van der Waals surface area contributed by atoms with Crippen molar-refractivity contribution in [1.29, 1.82) is 0 Å². The molecule has 1 atom stereocenters. The Morgan fingerprint density at radius 2 is 2.50 bits per heavy atom. The van der Waals surface area contributed by atoms with Gasteiger partial charge in [-0.05, 0) is 12.8 Å². The molecule has 0 aromatic carbocycles. The van der Waals surface area contributed by atoms with E-state index in [1.165, 1.54) is 7.11 Å². The lowest BCUT2D eigenvalue weighted by Gasteiger charge is -2.20. The molecule has 0 bridgehead atoms. The smallest absolute Gasteiger partial charge is 0.309 e. The van der Waals surface area contributed by atoms with Crippen molar-refractivity contribution >= 4 is 11.9 Å². The Morgan fingerprint density at radius 3 is 3.08 bits per heavy atom. The Labute approximate surface area is 70.8 Å². The molecule has 1 aliphatic heterocycles. The minimum absolute atomic E-state index is 0.183. The third-order valence-corrected chi connectivity index (χ3v) is 1.83. The molecule has 1 fully saturated rings. The molecule has 12 heavy (non-hydrogen) atoms. The van der Waals surface area contributed by atoms with Gasteiger partial charge in [-0.3, -0.25) is 9.59 Å². The van der Waals surface area contributed by atoms with Crippen LogP contribution in [-0.2, 0) is 19.1 Å². The molecule has 1 saturated heterocycles. The minimum atomic E-state index is -0.324. The van der Waals surface area contributed by atoms with E-state index in [4.69, 9.17) is 4.74 Å². The summed E-state index contributed by atoms with van der Waals surface area (Å²) in [4.78, 5) is 21.5. The third kappa shape index (κ3) is 2.53. The van der Waals surface area contributed by atoms with Gasteiger partial charge in [-0.15, -0.1) is 0 Å².